The van der Waals surface area contributed by atoms with Gasteiger partial charge in [0.05, 0.1) is 31.1 Å². The highest BCUT2D eigenvalue weighted by atomic mass is 19.1. The molecular formula is C22H26FN5O2. The molecule has 0 unspecified atom stereocenters. The normalized spacial score (nSPS) is 11.4. The van der Waals surface area contributed by atoms with Crippen molar-refractivity contribution >= 4 is 11.6 Å². The van der Waals surface area contributed by atoms with Crippen molar-refractivity contribution in [1.82, 2.24) is 9.55 Å². The molecule has 3 N–H and O–H groups in total. The lowest BCUT2D eigenvalue weighted by Crippen LogP contribution is -2.23. The molecule has 1 heterocycles. The van der Waals surface area contributed by atoms with E-state index in [0.29, 0.717) is 47.5 Å². The summed E-state index contributed by atoms with van der Waals surface area (Å²) in [6.45, 7) is 6.94. The monoisotopic (exact) mass is 411 g/mol. The van der Waals surface area contributed by atoms with Crippen molar-refractivity contribution in [2.45, 2.75) is 27.3 Å². The van der Waals surface area contributed by atoms with E-state index in [9.17, 15) is 4.39 Å². The Hall–Kier alpha value is -3.55. The molecule has 30 heavy (non-hydrogen) atoms. The fourth-order valence-corrected chi connectivity index (χ4v) is 2.98. The SMILES string of the molecule is CCOc1ccc(OCC)c(NC(N)=NCc2ccc(-n3ccnc3C)c(F)c2)c1. The second-order valence-electron chi connectivity index (χ2n) is 6.48. The van der Waals surface area contributed by atoms with Crippen LogP contribution in [0.25, 0.3) is 5.69 Å². The van der Waals surface area contributed by atoms with Gasteiger partial charge in [-0.05, 0) is 50.6 Å². The second-order valence-corrected chi connectivity index (χ2v) is 6.48. The van der Waals surface area contributed by atoms with Gasteiger partial charge in [-0.1, -0.05) is 6.07 Å². The number of anilines is 1. The van der Waals surface area contributed by atoms with Crippen molar-refractivity contribution in [1.29, 1.82) is 0 Å². The first-order chi connectivity index (χ1) is 14.5. The highest BCUT2D eigenvalue weighted by molar-refractivity contribution is 5.94. The van der Waals surface area contributed by atoms with Crippen LogP contribution in [0, 0.1) is 12.7 Å². The van der Waals surface area contributed by atoms with Crippen molar-refractivity contribution in [3.8, 4) is 17.2 Å². The first-order valence-corrected chi connectivity index (χ1v) is 9.77. The molecule has 0 amide bonds. The minimum Gasteiger partial charge on any atom is -0.494 e. The standard InChI is InChI=1S/C22H26FN5O2/c1-4-29-17-7-9-21(30-5-2)19(13-17)27-22(24)26-14-16-6-8-20(18(23)12-16)28-11-10-25-15(28)3/h6-13H,4-5,14H2,1-3H3,(H3,24,26,27). The maximum absolute atomic E-state index is 14.5. The van der Waals surface area contributed by atoms with Crippen LogP contribution in [0.4, 0.5) is 10.1 Å². The summed E-state index contributed by atoms with van der Waals surface area (Å²) in [5.74, 6) is 1.90. The van der Waals surface area contributed by atoms with Gasteiger partial charge in [0, 0.05) is 18.5 Å². The maximum atomic E-state index is 14.5. The number of aryl methyl sites for hydroxylation is 1. The average molecular weight is 411 g/mol. The van der Waals surface area contributed by atoms with E-state index in [2.05, 4.69) is 15.3 Å². The first kappa shape index (κ1) is 21.2. The van der Waals surface area contributed by atoms with Crippen LogP contribution >= 0.6 is 0 Å². The summed E-state index contributed by atoms with van der Waals surface area (Å²) in [7, 11) is 0. The van der Waals surface area contributed by atoms with Crippen LogP contribution in [0.3, 0.4) is 0 Å². The van der Waals surface area contributed by atoms with Crippen molar-refractivity contribution in [3.05, 3.63) is 66.0 Å². The van der Waals surface area contributed by atoms with Gasteiger partial charge in [0.25, 0.3) is 0 Å². The van der Waals surface area contributed by atoms with E-state index in [0.717, 1.165) is 0 Å². The highest BCUT2D eigenvalue weighted by Crippen LogP contribution is 2.29. The van der Waals surface area contributed by atoms with Gasteiger partial charge < -0.3 is 25.1 Å². The number of imidazole rings is 1. The smallest absolute Gasteiger partial charge is 0.193 e. The van der Waals surface area contributed by atoms with Crippen LogP contribution < -0.4 is 20.5 Å². The predicted octanol–water partition coefficient (Wildman–Crippen LogP) is 4.04. The molecule has 7 nitrogen and oxygen atoms in total. The van der Waals surface area contributed by atoms with E-state index in [1.165, 1.54) is 6.07 Å². The highest BCUT2D eigenvalue weighted by Gasteiger charge is 2.09. The van der Waals surface area contributed by atoms with Crippen LogP contribution in [0.2, 0.25) is 0 Å². The Morgan fingerprint density at radius 1 is 1.17 bits per heavy atom. The van der Waals surface area contributed by atoms with Crippen molar-refractivity contribution in [2.24, 2.45) is 10.7 Å². The number of halogens is 1. The number of nitrogens with one attached hydrogen (secondary N) is 1. The number of aromatic nitrogens is 2. The number of nitrogens with zero attached hydrogens (tertiary/aromatic N) is 3. The second kappa shape index (κ2) is 9.78. The lowest BCUT2D eigenvalue weighted by Gasteiger charge is -2.14. The zero-order valence-electron chi connectivity index (χ0n) is 17.4. The van der Waals surface area contributed by atoms with Gasteiger partial charge in [-0.25, -0.2) is 14.4 Å². The Bertz CT molecular complexity index is 1030. The Labute approximate surface area is 175 Å². The molecule has 0 aliphatic heterocycles. The summed E-state index contributed by atoms with van der Waals surface area (Å²) in [4.78, 5) is 8.44. The minimum atomic E-state index is -0.349. The van der Waals surface area contributed by atoms with Gasteiger partial charge in [0.15, 0.2) is 5.96 Å². The molecule has 0 saturated carbocycles. The number of nitrogens with two attached hydrogens (primary N) is 1. The fraction of sp³-hybridized carbons (Fsp3) is 0.273. The summed E-state index contributed by atoms with van der Waals surface area (Å²) in [6.07, 6.45) is 3.36. The molecule has 158 valence electrons. The Kier molecular flexibility index (Phi) is 6.90. The molecule has 0 atom stereocenters. The third kappa shape index (κ3) is 5.08. The van der Waals surface area contributed by atoms with E-state index in [-0.39, 0.29) is 18.3 Å². The lowest BCUT2D eigenvalue weighted by molar-refractivity contribution is 0.332. The summed E-state index contributed by atoms with van der Waals surface area (Å²) in [6, 6.07) is 10.4. The van der Waals surface area contributed by atoms with Crippen LogP contribution in [0.5, 0.6) is 11.5 Å². The number of ether oxygens (including phenoxy) is 2. The molecule has 0 aliphatic rings. The molecule has 8 heteroatoms. The summed E-state index contributed by atoms with van der Waals surface area (Å²) >= 11 is 0. The molecule has 0 radical (unpaired) electrons. The van der Waals surface area contributed by atoms with Crippen LogP contribution in [-0.2, 0) is 6.54 Å². The maximum Gasteiger partial charge on any atom is 0.193 e. The number of hydrogen-bond acceptors (Lipinski definition) is 4. The molecule has 0 saturated heterocycles. The topological polar surface area (TPSA) is 86.7 Å². The minimum absolute atomic E-state index is 0.194. The summed E-state index contributed by atoms with van der Waals surface area (Å²) < 4.78 is 27.4. The number of guanidine groups is 1. The van der Waals surface area contributed by atoms with Crippen molar-refractivity contribution < 1.29 is 13.9 Å². The molecule has 3 aromatic rings. The summed E-state index contributed by atoms with van der Waals surface area (Å²) in [5.41, 5.74) is 7.84. The molecular weight excluding hydrogens is 385 g/mol. The van der Waals surface area contributed by atoms with Crippen LogP contribution in [0.1, 0.15) is 25.2 Å². The van der Waals surface area contributed by atoms with Gasteiger partial charge in [0.2, 0.25) is 0 Å². The Balaban J connectivity index is 1.73. The third-order valence-electron chi connectivity index (χ3n) is 4.35. The van der Waals surface area contributed by atoms with Crippen LogP contribution in [-0.4, -0.2) is 28.7 Å². The molecule has 0 aliphatic carbocycles. The molecule has 1 aromatic heterocycles. The number of aliphatic imine (C=N–C) groups is 1. The molecule has 0 spiro atoms. The largest absolute Gasteiger partial charge is 0.494 e. The number of hydrogen-bond donors (Lipinski definition) is 2. The predicted molar refractivity (Wildman–Crippen MR) is 116 cm³/mol. The van der Waals surface area contributed by atoms with Gasteiger partial charge in [-0.3, -0.25) is 0 Å². The third-order valence-corrected chi connectivity index (χ3v) is 4.35. The van der Waals surface area contributed by atoms with E-state index >= 15 is 0 Å². The van der Waals surface area contributed by atoms with Gasteiger partial charge in [-0.15, -0.1) is 0 Å². The van der Waals surface area contributed by atoms with E-state index < -0.39 is 0 Å². The zero-order valence-corrected chi connectivity index (χ0v) is 17.4. The quantitative estimate of drug-likeness (QED) is 0.431. The van der Waals surface area contributed by atoms with Crippen LogP contribution in [0.15, 0.2) is 53.8 Å². The number of rotatable bonds is 8. The fourth-order valence-electron chi connectivity index (χ4n) is 2.98. The molecule has 0 fully saturated rings. The first-order valence-electron chi connectivity index (χ1n) is 9.77. The average Bonchev–Trinajstić information content (AvgIpc) is 3.14. The van der Waals surface area contributed by atoms with Gasteiger partial charge in [0.1, 0.15) is 23.1 Å². The van der Waals surface area contributed by atoms with E-state index in [4.69, 9.17) is 15.2 Å². The Morgan fingerprint density at radius 2 is 1.97 bits per heavy atom. The number of benzene rings is 2. The van der Waals surface area contributed by atoms with E-state index in [1.54, 1.807) is 29.1 Å². The Morgan fingerprint density at radius 3 is 2.63 bits per heavy atom. The van der Waals surface area contributed by atoms with Gasteiger partial charge in [-0.2, -0.15) is 0 Å². The molecule has 3 rings (SSSR count). The van der Waals surface area contributed by atoms with Crippen molar-refractivity contribution in [3.63, 3.8) is 0 Å². The van der Waals surface area contributed by atoms with Gasteiger partial charge >= 0.3 is 0 Å². The van der Waals surface area contributed by atoms with E-state index in [1.807, 2.05) is 39.0 Å². The molecule has 0 bridgehead atoms. The molecule has 2 aromatic carbocycles. The lowest BCUT2D eigenvalue weighted by atomic mass is 10.2. The zero-order chi connectivity index (χ0) is 21.5. The summed E-state index contributed by atoms with van der Waals surface area (Å²) in [5, 5.41) is 3.04. The van der Waals surface area contributed by atoms with Crippen molar-refractivity contribution in [2.75, 3.05) is 18.5 Å².